The molecule has 3 aromatic rings. The Morgan fingerprint density at radius 1 is 0.778 bits per heavy atom. The number of rotatable bonds is 9. The minimum absolute atomic E-state index is 0.0286. The third-order valence-corrected chi connectivity index (χ3v) is 7.17. The molecule has 188 valence electrons. The molecule has 1 aliphatic carbocycles. The largest absolute Gasteiger partial charge is 0.352 e. The first-order valence-electron chi connectivity index (χ1n) is 13.2. The molecule has 1 saturated carbocycles. The SMILES string of the molecule is Cc1ccc(CC(=O)N(Cc2ccc(C)cc2)[C@H](Cc2ccccc2)C(=O)NC2CCCCC2)cc1. The van der Waals surface area contributed by atoms with E-state index in [1.54, 1.807) is 4.90 Å². The molecule has 0 bridgehead atoms. The number of hydrogen-bond acceptors (Lipinski definition) is 2. The summed E-state index contributed by atoms with van der Waals surface area (Å²) in [6.07, 6.45) is 6.31. The van der Waals surface area contributed by atoms with Crippen molar-refractivity contribution in [2.45, 2.75) is 77.4 Å². The summed E-state index contributed by atoms with van der Waals surface area (Å²) in [5, 5.41) is 3.31. The van der Waals surface area contributed by atoms with E-state index in [1.165, 1.54) is 12.0 Å². The smallest absolute Gasteiger partial charge is 0.243 e. The predicted octanol–water partition coefficient (Wildman–Crippen LogP) is 5.93. The van der Waals surface area contributed by atoms with E-state index in [1.807, 2.05) is 61.5 Å². The molecular weight excluding hydrogens is 444 g/mol. The van der Waals surface area contributed by atoms with Crippen LogP contribution in [0.4, 0.5) is 0 Å². The van der Waals surface area contributed by atoms with Gasteiger partial charge in [-0.3, -0.25) is 9.59 Å². The number of benzene rings is 3. The second-order valence-corrected chi connectivity index (χ2v) is 10.2. The van der Waals surface area contributed by atoms with E-state index in [4.69, 9.17) is 0 Å². The fourth-order valence-corrected chi connectivity index (χ4v) is 4.97. The van der Waals surface area contributed by atoms with Gasteiger partial charge in [-0.15, -0.1) is 0 Å². The van der Waals surface area contributed by atoms with Crippen LogP contribution >= 0.6 is 0 Å². The Hall–Kier alpha value is -3.40. The number of amides is 2. The molecule has 3 aromatic carbocycles. The van der Waals surface area contributed by atoms with Crippen LogP contribution in [0.15, 0.2) is 78.9 Å². The summed E-state index contributed by atoms with van der Waals surface area (Å²) in [6, 6.07) is 26.0. The first-order valence-corrected chi connectivity index (χ1v) is 13.2. The first-order chi connectivity index (χ1) is 17.5. The standard InChI is InChI=1S/C32H38N2O2/c1-24-13-17-27(18-14-24)22-31(35)34(23-28-19-15-25(2)16-20-28)30(21-26-9-5-3-6-10-26)32(36)33-29-11-7-4-8-12-29/h3,5-6,9-10,13-20,29-30H,4,7-8,11-12,21-23H2,1-2H3,(H,33,36)/t30-/m1/s1. The van der Waals surface area contributed by atoms with Crippen LogP contribution < -0.4 is 5.32 Å². The van der Waals surface area contributed by atoms with Crippen LogP contribution in [0.3, 0.4) is 0 Å². The number of hydrogen-bond donors (Lipinski definition) is 1. The Kier molecular flexibility index (Phi) is 8.94. The fourth-order valence-electron chi connectivity index (χ4n) is 4.97. The number of nitrogens with one attached hydrogen (secondary N) is 1. The molecule has 36 heavy (non-hydrogen) atoms. The van der Waals surface area contributed by atoms with Gasteiger partial charge in [0.15, 0.2) is 0 Å². The van der Waals surface area contributed by atoms with Gasteiger partial charge >= 0.3 is 0 Å². The van der Waals surface area contributed by atoms with Gasteiger partial charge in [0, 0.05) is 19.0 Å². The average Bonchev–Trinajstić information content (AvgIpc) is 2.89. The highest BCUT2D eigenvalue weighted by Crippen LogP contribution is 2.20. The molecule has 0 spiro atoms. The van der Waals surface area contributed by atoms with Crippen LogP contribution in [-0.4, -0.2) is 28.8 Å². The Bertz CT molecular complexity index is 1120. The molecule has 1 aliphatic rings. The topological polar surface area (TPSA) is 49.4 Å². The van der Waals surface area contributed by atoms with Crippen molar-refractivity contribution < 1.29 is 9.59 Å². The maximum absolute atomic E-state index is 13.8. The fraction of sp³-hybridized carbons (Fsp3) is 0.375. The van der Waals surface area contributed by atoms with Crippen LogP contribution in [0.2, 0.25) is 0 Å². The molecule has 1 N–H and O–H groups in total. The van der Waals surface area contributed by atoms with Gasteiger partial charge in [-0.25, -0.2) is 0 Å². The summed E-state index contributed by atoms with van der Waals surface area (Å²) in [4.78, 5) is 29.4. The van der Waals surface area contributed by atoms with E-state index in [9.17, 15) is 9.59 Å². The highest BCUT2D eigenvalue weighted by atomic mass is 16.2. The van der Waals surface area contributed by atoms with Gasteiger partial charge in [0.1, 0.15) is 6.04 Å². The summed E-state index contributed by atoms with van der Waals surface area (Å²) in [5.74, 6) is -0.0747. The summed E-state index contributed by atoms with van der Waals surface area (Å²) in [5.41, 5.74) is 5.38. The predicted molar refractivity (Wildman–Crippen MR) is 146 cm³/mol. The molecule has 1 fully saturated rings. The third kappa shape index (κ3) is 7.30. The highest BCUT2D eigenvalue weighted by Gasteiger charge is 2.31. The van der Waals surface area contributed by atoms with Crippen LogP contribution in [0, 0.1) is 13.8 Å². The molecule has 0 aromatic heterocycles. The van der Waals surface area contributed by atoms with Crippen molar-refractivity contribution in [1.82, 2.24) is 10.2 Å². The van der Waals surface area contributed by atoms with E-state index >= 15 is 0 Å². The average molecular weight is 483 g/mol. The Labute approximate surface area is 215 Å². The lowest BCUT2D eigenvalue weighted by Gasteiger charge is -2.33. The number of nitrogens with zero attached hydrogens (tertiary/aromatic N) is 1. The number of carbonyl (C=O) groups excluding carboxylic acids is 2. The van der Waals surface area contributed by atoms with Gasteiger partial charge in [0.2, 0.25) is 11.8 Å². The van der Waals surface area contributed by atoms with Gasteiger partial charge in [-0.1, -0.05) is 109 Å². The normalized spacial score (nSPS) is 14.7. The summed E-state index contributed by atoms with van der Waals surface area (Å²) in [7, 11) is 0. The molecular formula is C32H38N2O2. The lowest BCUT2D eigenvalue weighted by atomic mass is 9.94. The zero-order valence-corrected chi connectivity index (χ0v) is 21.6. The van der Waals surface area contributed by atoms with Crippen LogP contribution in [0.5, 0.6) is 0 Å². The van der Waals surface area contributed by atoms with Crippen LogP contribution in [0.25, 0.3) is 0 Å². The molecule has 0 unspecified atom stereocenters. The Morgan fingerprint density at radius 2 is 1.36 bits per heavy atom. The Morgan fingerprint density at radius 3 is 1.97 bits per heavy atom. The lowest BCUT2D eigenvalue weighted by Crippen LogP contribution is -2.53. The van der Waals surface area contributed by atoms with E-state index in [0.29, 0.717) is 13.0 Å². The minimum Gasteiger partial charge on any atom is -0.352 e. The summed E-state index contributed by atoms with van der Waals surface area (Å²) >= 11 is 0. The quantitative estimate of drug-likeness (QED) is 0.411. The molecule has 4 heteroatoms. The molecule has 1 atom stereocenters. The highest BCUT2D eigenvalue weighted by molar-refractivity contribution is 5.89. The minimum atomic E-state index is -0.575. The van der Waals surface area contributed by atoms with E-state index in [-0.39, 0.29) is 24.3 Å². The molecule has 0 saturated heterocycles. The maximum Gasteiger partial charge on any atom is 0.243 e. The third-order valence-electron chi connectivity index (χ3n) is 7.17. The van der Waals surface area contributed by atoms with Gasteiger partial charge in [-0.05, 0) is 43.4 Å². The summed E-state index contributed by atoms with van der Waals surface area (Å²) in [6.45, 7) is 4.50. The van der Waals surface area contributed by atoms with Gasteiger partial charge in [0.25, 0.3) is 0 Å². The molecule has 0 radical (unpaired) electrons. The van der Waals surface area contributed by atoms with Crippen molar-refractivity contribution in [3.63, 3.8) is 0 Å². The van der Waals surface area contributed by atoms with Gasteiger partial charge < -0.3 is 10.2 Å². The van der Waals surface area contributed by atoms with Crippen molar-refractivity contribution in [2.24, 2.45) is 0 Å². The van der Waals surface area contributed by atoms with Gasteiger partial charge in [-0.2, -0.15) is 0 Å². The monoisotopic (exact) mass is 482 g/mol. The lowest BCUT2D eigenvalue weighted by molar-refractivity contribution is -0.141. The zero-order chi connectivity index (χ0) is 25.3. The van der Waals surface area contributed by atoms with Crippen LogP contribution in [0.1, 0.15) is 59.9 Å². The van der Waals surface area contributed by atoms with Crippen molar-refractivity contribution in [3.05, 3.63) is 107 Å². The number of carbonyl (C=O) groups is 2. The molecule has 2 amide bonds. The second-order valence-electron chi connectivity index (χ2n) is 10.2. The van der Waals surface area contributed by atoms with Crippen molar-refractivity contribution >= 4 is 11.8 Å². The number of aryl methyl sites for hydroxylation is 2. The molecule has 4 nitrogen and oxygen atoms in total. The van der Waals surface area contributed by atoms with E-state index < -0.39 is 6.04 Å². The summed E-state index contributed by atoms with van der Waals surface area (Å²) < 4.78 is 0. The zero-order valence-electron chi connectivity index (χ0n) is 21.6. The Balaban J connectivity index is 1.64. The maximum atomic E-state index is 13.8. The van der Waals surface area contributed by atoms with Crippen molar-refractivity contribution in [2.75, 3.05) is 0 Å². The molecule has 4 rings (SSSR count). The van der Waals surface area contributed by atoms with E-state index in [0.717, 1.165) is 47.9 Å². The van der Waals surface area contributed by atoms with Crippen molar-refractivity contribution in [1.29, 1.82) is 0 Å². The first kappa shape index (κ1) is 25.7. The second kappa shape index (κ2) is 12.5. The van der Waals surface area contributed by atoms with E-state index in [2.05, 4.69) is 36.5 Å². The molecule has 0 aliphatic heterocycles. The molecule has 0 heterocycles. The van der Waals surface area contributed by atoms with Crippen molar-refractivity contribution in [3.8, 4) is 0 Å². The van der Waals surface area contributed by atoms with Crippen LogP contribution in [-0.2, 0) is 29.0 Å². The van der Waals surface area contributed by atoms with Gasteiger partial charge in [0.05, 0.1) is 6.42 Å².